The Labute approximate surface area is 109 Å². The van der Waals surface area contributed by atoms with Crippen molar-refractivity contribution in [3.05, 3.63) is 29.8 Å². The van der Waals surface area contributed by atoms with Gasteiger partial charge in [-0.1, -0.05) is 18.2 Å². The maximum atomic E-state index is 5.25. The molecule has 3 rings (SSSR count). The minimum Gasteiger partial charge on any atom is -0.381 e. The summed E-state index contributed by atoms with van der Waals surface area (Å²) in [5.74, 6) is 0. The Bertz CT molecular complexity index is 403. The van der Waals surface area contributed by atoms with Crippen molar-refractivity contribution in [1.82, 2.24) is 4.90 Å². The summed E-state index contributed by atoms with van der Waals surface area (Å²) in [6.07, 6.45) is 4.08. The SMILES string of the molecule is COCc1ccccc1NC1CCN(C2CC2)C1. The Morgan fingerprint density at radius 1 is 1.28 bits per heavy atom. The van der Waals surface area contributed by atoms with Crippen LogP contribution in [0.3, 0.4) is 0 Å². The van der Waals surface area contributed by atoms with Gasteiger partial charge >= 0.3 is 0 Å². The number of likely N-dealkylation sites (tertiary alicyclic amines) is 1. The molecule has 0 amide bonds. The zero-order valence-electron chi connectivity index (χ0n) is 11.1. The highest BCUT2D eigenvalue weighted by Gasteiger charge is 2.34. The van der Waals surface area contributed by atoms with Gasteiger partial charge in [-0.05, 0) is 25.3 Å². The summed E-state index contributed by atoms with van der Waals surface area (Å²) in [7, 11) is 1.75. The van der Waals surface area contributed by atoms with Gasteiger partial charge in [0.05, 0.1) is 6.61 Å². The van der Waals surface area contributed by atoms with E-state index in [0.29, 0.717) is 12.6 Å². The van der Waals surface area contributed by atoms with Gasteiger partial charge in [-0.3, -0.25) is 4.90 Å². The molecular formula is C15H22N2O. The molecule has 0 aromatic heterocycles. The third-order valence-corrected chi connectivity index (χ3v) is 3.96. The van der Waals surface area contributed by atoms with E-state index in [1.807, 2.05) is 0 Å². The number of para-hydroxylation sites is 1. The highest BCUT2D eigenvalue weighted by molar-refractivity contribution is 5.51. The Hall–Kier alpha value is -1.06. The first-order valence-corrected chi connectivity index (χ1v) is 6.94. The summed E-state index contributed by atoms with van der Waals surface area (Å²) in [5.41, 5.74) is 2.49. The molecule has 1 aromatic rings. The van der Waals surface area contributed by atoms with E-state index >= 15 is 0 Å². The van der Waals surface area contributed by atoms with Gasteiger partial charge in [0.15, 0.2) is 0 Å². The van der Waals surface area contributed by atoms with Crippen molar-refractivity contribution >= 4 is 5.69 Å². The quantitative estimate of drug-likeness (QED) is 0.864. The van der Waals surface area contributed by atoms with E-state index in [9.17, 15) is 0 Å². The molecule has 1 saturated carbocycles. The summed E-state index contributed by atoms with van der Waals surface area (Å²) < 4.78 is 5.25. The van der Waals surface area contributed by atoms with Crippen LogP contribution in [-0.2, 0) is 11.3 Å². The van der Waals surface area contributed by atoms with Crippen LogP contribution in [0.4, 0.5) is 5.69 Å². The lowest BCUT2D eigenvalue weighted by molar-refractivity contribution is 0.185. The molecule has 18 heavy (non-hydrogen) atoms. The molecule has 3 nitrogen and oxygen atoms in total. The fourth-order valence-corrected chi connectivity index (χ4v) is 2.84. The smallest absolute Gasteiger partial charge is 0.0733 e. The molecule has 0 radical (unpaired) electrons. The van der Waals surface area contributed by atoms with Crippen LogP contribution in [0.2, 0.25) is 0 Å². The average Bonchev–Trinajstić information content (AvgIpc) is 3.13. The standard InChI is InChI=1S/C15H22N2O/c1-18-11-12-4-2-3-5-15(12)16-13-8-9-17(10-13)14-6-7-14/h2-5,13-14,16H,6-11H2,1H3. The summed E-state index contributed by atoms with van der Waals surface area (Å²) in [6.45, 7) is 3.14. The largest absolute Gasteiger partial charge is 0.381 e. The van der Waals surface area contributed by atoms with Crippen LogP contribution in [0.5, 0.6) is 0 Å². The van der Waals surface area contributed by atoms with Gasteiger partial charge in [-0.15, -0.1) is 0 Å². The number of hydrogen-bond donors (Lipinski definition) is 1. The molecule has 1 aliphatic heterocycles. The Balaban J connectivity index is 1.62. The van der Waals surface area contributed by atoms with Gasteiger partial charge in [0, 0.05) is 43.5 Å². The van der Waals surface area contributed by atoms with E-state index in [-0.39, 0.29) is 0 Å². The highest BCUT2D eigenvalue weighted by Crippen LogP contribution is 2.31. The van der Waals surface area contributed by atoms with E-state index in [1.165, 1.54) is 43.6 Å². The lowest BCUT2D eigenvalue weighted by Crippen LogP contribution is -2.28. The van der Waals surface area contributed by atoms with E-state index in [0.717, 1.165) is 6.04 Å². The number of nitrogens with zero attached hydrogens (tertiary/aromatic N) is 1. The monoisotopic (exact) mass is 246 g/mol. The molecule has 1 atom stereocenters. The summed E-state index contributed by atoms with van der Waals surface area (Å²) in [4.78, 5) is 2.64. The van der Waals surface area contributed by atoms with Crippen LogP contribution in [0.25, 0.3) is 0 Å². The molecule has 2 fully saturated rings. The molecular weight excluding hydrogens is 224 g/mol. The Morgan fingerprint density at radius 2 is 2.11 bits per heavy atom. The van der Waals surface area contributed by atoms with Crippen molar-refractivity contribution in [3.63, 3.8) is 0 Å². The van der Waals surface area contributed by atoms with E-state index in [2.05, 4.69) is 34.5 Å². The predicted octanol–water partition coefficient (Wildman–Crippen LogP) is 2.48. The van der Waals surface area contributed by atoms with Crippen LogP contribution in [0, 0.1) is 0 Å². The predicted molar refractivity (Wildman–Crippen MR) is 73.8 cm³/mol. The molecule has 1 unspecified atom stereocenters. The second kappa shape index (κ2) is 5.29. The third kappa shape index (κ3) is 2.68. The Kier molecular flexibility index (Phi) is 3.52. The van der Waals surface area contributed by atoms with Crippen LogP contribution in [-0.4, -0.2) is 37.2 Å². The number of hydrogen-bond acceptors (Lipinski definition) is 3. The number of methoxy groups -OCH3 is 1. The number of nitrogens with one attached hydrogen (secondary N) is 1. The molecule has 1 aromatic carbocycles. The van der Waals surface area contributed by atoms with E-state index in [4.69, 9.17) is 4.74 Å². The summed E-state index contributed by atoms with van der Waals surface area (Å²) in [5, 5.41) is 3.69. The fraction of sp³-hybridized carbons (Fsp3) is 0.600. The van der Waals surface area contributed by atoms with Crippen LogP contribution < -0.4 is 5.32 Å². The normalized spacial score (nSPS) is 24.4. The number of anilines is 1. The lowest BCUT2D eigenvalue weighted by atomic mass is 10.1. The van der Waals surface area contributed by atoms with Crippen molar-refractivity contribution in [2.45, 2.75) is 38.0 Å². The van der Waals surface area contributed by atoms with Crippen LogP contribution >= 0.6 is 0 Å². The van der Waals surface area contributed by atoms with E-state index < -0.39 is 0 Å². The number of benzene rings is 1. The lowest BCUT2D eigenvalue weighted by Gasteiger charge is -2.18. The average molecular weight is 246 g/mol. The molecule has 1 aliphatic carbocycles. The first kappa shape index (κ1) is 12.0. The molecule has 3 heteroatoms. The maximum absolute atomic E-state index is 5.25. The van der Waals surface area contributed by atoms with E-state index in [1.54, 1.807) is 7.11 Å². The van der Waals surface area contributed by atoms with Crippen molar-refractivity contribution < 1.29 is 4.74 Å². The maximum Gasteiger partial charge on any atom is 0.0733 e. The van der Waals surface area contributed by atoms with Gasteiger partial charge in [0.1, 0.15) is 0 Å². The molecule has 1 saturated heterocycles. The van der Waals surface area contributed by atoms with Crippen LogP contribution in [0.1, 0.15) is 24.8 Å². The van der Waals surface area contributed by atoms with Crippen molar-refractivity contribution in [2.75, 3.05) is 25.5 Å². The van der Waals surface area contributed by atoms with Gasteiger partial charge < -0.3 is 10.1 Å². The minimum absolute atomic E-state index is 0.601. The van der Waals surface area contributed by atoms with Gasteiger partial charge in [-0.2, -0.15) is 0 Å². The zero-order chi connectivity index (χ0) is 12.4. The number of rotatable bonds is 5. The first-order chi connectivity index (χ1) is 8.86. The van der Waals surface area contributed by atoms with Gasteiger partial charge in [0.25, 0.3) is 0 Å². The molecule has 0 spiro atoms. The van der Waals surface area contributed by atoms with Gasteiger partial charge in [0.2, 0.25) is 0 Å². The summed E-state index contributed by atoms with van der Waals surface area (Å²) >= 11 is 0. The van der Waals surface area contributed by atoms with Crippen molar-refractivity contribution in [1.29, 1.82) is 0 Å². The highest BCUT2D eigenvalue weighted by atomic mass is 16.5. The molecule has 98 valence electrons. The summed E-state index contributed by atoms with van der Waals surface area (Å²) in [6, 6.07) is 9.96. The van der Waals surface area contributed by atoms with Crippen molar-refractivity contribution in [2.24, 2.45) is 0 Å². The second-order valence-electron chi connectivity index (χ2n) is 5.45. The third-order valence-electron chi connectivity index (χ3n) is 3.96. The van der Waals surface area contributed by atoms with Crippen molar-refractivity contribution in [3.8, 4) is 0 Å². The first-order valence-electron chi connectivity index (χ1n) is 6.94. The molecule has 2 aliphatic rings. The zero-order valence-corrected chi connectivity index (χ0v) is 11.1. The second-order valence-corrected chi connectivity index (χ2v) is 5.45. The molecule has 1 N–H and O–H groups in total. The molecule has 0 bridgehead atoms. The Morgan fingerprint density at radius 3 is 2.89 bits per heavy atom. The van der Waals surface area contributed by atoms with Crippen LogP contribution in [0.15, 0.2) is 24.3 Å². The fourth-order valence-electron chi connectivity index (χ4n) is 2.84. The topological polar surface area (TPSA) is 24.5 Å². The van der Waals surface area contributed by atoms with Gasteiger partial charge in [-0.25, -0.2) is 0 Å². The minimum atomic E-state index is 0.601. The number of ether oxygens (including phenoxy) is 1. The molecule has 1 heterocycles.